The van der Waals surface area contributed by atoms with E-state index in [1.165, 1.54) is 38.5 Å². The van der Waals surface area contributed by atoms with Crippen molar-refractivity contribution in [2.45, 2.75) is 51.6 Å². The predicted octanol–water partition coefficient (Wildman–Crippen LogP) is 2.58. The average Bonchev–Trinajstić information content (AvgIpc) is 1.77. The van der Waals surface area contributed by atoms with Crippen LogP contribution in [0.5, 0.6) is 0 Å². The van der Waals surface area contributed by atoms with Gasteiger partial charge in [-0.1, -0.05) is 38.5 Å². The molecule has 0 saturated heterocycles. The highest BCUT2D eigenvalue weighted by atomic mass is 16.3. The average molecular weight is 168 g/mol. The van der Waals surface area contributed by atoms with Crippen LogP contribution in [0.25, 0.3) is 0 Å². The topological polar surface area (TPSA) is 20.2 Å². The number of hydrogen-bond donors (Lipinski definition) is 1. The van der Waals surface area contributed by atoms with Gasteiger partial charge in [0.05, 0.1) is 6.10 Å². The summed E-state index contributed by atoms with van der Waals surface area (Å²) in [7, 11) is 0. The third kappa shape index (κ3) is 1.39. The van der Waals surface area contributed by atoms with Crippen molar-refractivity contribution in [1.82, 2.24) is 0 Å². The quantitative estimate of drug-likeness (QED) is 0.686. The molecule has 2 aliphatic carbocycles. The van der Waals surface area contributed by atoms with Gasteiger partial charge in [-0.05, 0) is 24.7 Å². The van der Waals surface area contributed by atoms with E-state index in [2.05, 4.69) is 0 Å². The van der Waals surface area contributed by atoms with Gasteiger partial charge < -0.3 is 5.11 Å². The van der Waals surface area contributed by atoms with E-state index >= 15 is 0 Å². The highest BCUT2D eigenvalue weighted by molar-refractivity contribution is 4.88. The minimum absolute atomic E-state index is 0.0550. The van der Waals surface area contributed by atoms with E-state index in [9.17, 15) is 5.11 Å². The van der Waals surface area contributed by atoms with Crippen LogP contribution in [0.15, 0.2) is 0 Å². The van der Waals surface area contributed by atoms with Crippen LogP contribution in [0.4, 0.5) is 0 Å². The van der Waals surface area contributed by atoms with Crippen molar-refractivity contribution >= 4 is 0 Å². The molecule has 70 valence electrons. The first-order valence-corrected chi connectivity index (χ1v) is 5.47. The zero-order valence-corrected chi connectivity index (χ0v) is 8.00. The van der Waals surface area contributed by atoms with E-state index in [0.717, 1.165) is 11.8 Å². The van der Waals surface area contributed by atoms with Crippen LogP contribution < -0.4 is 0 Å². The summed E-state index contributed by atoms with van der Waals surface area (Å²) in [6.07, 6.45) is 8.28. The minimum Gasteiger partial charge on any atom is -0.393 e. The summed E-state index contributed by atoms with van der Waals surface area (Å²) in [6.45, 7) is 1.99. The first kappa shape index (κ1) is 8.55. The van der Waals surface area contributed by atoms with Gasteiger partial charge in [0, 0.05) is 0 Å². The Hall–Kier alpha value is -0.0400. The Morgan fingerprint density at radius 2 is 1.42 bits per heavy atom. The van der Waals surface area contributed by atoms with Gasteiger partial charge in [-0.3, -0.25) is 0 Å². The van der Waals surface area contributed by atoms with Crippen LogP contribution in [0.3, 0.4) is 0 Å². The molecule has 2 rings (SSSR count). The van der Waals surface area contributed by atoms with Crippen molar-refractivity contribution in [2.24, 2.45) is 17.8 Å². The lowest BCUT2D eigenvalue weighted by atomic mass is 9.63. The van der Waals surface area contributed by atoms with Gasteiger partial charge in [0.1, 0.15) is 0 Å². The normalized spacial score (nSPS) is 28.2. The van der Waals surface area contributed by atoms with Crippen molar-refractivity contribution in [3.05, 3.63) is 0 Å². The lowest BCUT2D eigenvalue weighted by molar-refractivity contribution is -0.00786. The van der Waals surface area contributed by atoms with Crippen molar-refractivity contribution in [2.75, 3.05) is 0 Å². The summed E-state index contributed by atoms with van der Waals surface area (Å²) < 4.78 is 0. The van der Waals surface area contributed by atoms with Gasteiger partial charge in [0.15, 0.2) is 0 Å². The molecule has 12 heavy (non-hydrogen) atoms. The molecule has 0 aromatic carbocycles. The maximum atomic E-state index is 9.68. The molecule has 1 atom stereocenters. The first-order chi connectivity index (χ1) is 5.79. The molecule has 1 heteroatoms. The molecule has 0 unspecified atom stereocenters. The van der Waals surface area contributed by atoms with Crippen molar-refractivity contribution < 1.29 is 5.11 Å². The van der Waals surface area contributed by atoms with Crippen LogP contribution >= 0.6 is 0 Å². The highest BCUT2D eigenvalue weighted by Gasteiger charge is 2.38. The fourth-order valence-corrected chi connectivity index (χ4v) is 2.82. The molecule has 0 heterocycles. The van der Waals surface area contributed by atoms with Gasteiger partial charge >= 0.3 is 0 Å². The van der Waals surface area contributed by atoms with E-state index in [-0.39, 0.29) is 6.10 Å². The minimum atomic E-state index is -0.0550. The number of hydrogen-bond acceptors (Lipinski definition) is 1. The van der Waals surface area contributed by atoms with E-state index < -0.39 is 0 Å². The van der Waals surface area contributed by atoms with Crippen molar-refractivity contribution in [3.8, 4) is 0 Å². The Labute approximate surface area is 75.2 Å². The Balaban J connectivity index is 1.91. The van der Waals surface area contributed by atoms with E-state index in [1.54, 1.807) is 0 Å². The van der Waals surface area contributed by atoms with Crippen LogP contribution in [0.1, 0.15) is 45.4 Å². The molecule has 0 aromatic heterocycles. The molecule has 0 aromatic rings. The van der Waals surface area contributed by atoms with Gasteiger partial charge in [-0.25, -0.2) is 0 Å². The zero-order valence-electron chi connectivity index (χ0n) is 8.00. The Bertz CT molecular complexity index is 131. The van der Waals surface area contributed by atoms with Crippen LogP contribution in [-0.2, 0) is 0 Å². The van der Waals surface area contributed by atoms with Gasteiger partial charge in [0.2, 0.25) is 0 Å². The monoisotopic (exact) mass is 168 g/mol. The van der Waals surface area contributed by atoms with Gasteiger partial charge in [-0.2, -0.15) is 0 Å². The molecule has 0 radical (unpaired) electrons. The van der Waals surface area contributed by atoms with Gasteiger partial charge in [-0.15, -0.1) is 0 Å². The van der Waals surface area contributed by atoms with E-state index in [1.807, 2.05) is 6.92 Å². The second kappa shape index (κ2) is 3.37. The van der Waals surface area contributed by atoms with Crippen molar-refractivity contribution in [3.63, 3.8) is 0 Å². The molecule has 0 bridgehead atoms. The molecule has 0 amide bonds. The fraction of sp³-hybridized carbons (Fsp3) is 1.00. The number of aliphatic hydroxyl groups is 1. The fourth-order valence-electron chi connectivity index (χ4n) is 2.82. The molecule has 0 spiro atoms. The second-order valence-electron chi connectivity index (χ2n) is 4.70. The lowest BCUT2D eigenvalue weighted by Gasteiger charge is -2.44. The molecule has 1 nitrogen and oxygen atoms in total. The Morgan fingerprint density at radius 3 is 1.58 bits per heavy atom. The summed E-state index contributed by atoms with van der Waals surface area (Å²) in [5.41, 5.74) is 0. The number of rotatable bonds is 3. The molecule has 2 saturated carbocycles. The SMILES string of the molecule is C[C@@H](O)C(C1CCC1)C1CCC1. The van der Waals surface area contributed by atoms with E-state index in [0.29, 0.717) is 5.92 Å². The largest absolute Gasteiger partial charge is 0.393 e. The molecule has 1 N–H and O–H groups in total. The standard InChI is InChI=1S/C11H20O/c1-8(12)11(9-4-2-5-9)10-6-3-7-10/h8-12H,2-7H2,1H3/t8-/m1/s1. The molecular weight excluding hydrogens is 148 g/mol. The van der Waals surface area contributed by atoms with Crippen LogP contribution in [0, 0.1) is 17.8 Å². The Kier molecular flexibility index (Phi) is 2.40. The molecular formula is C11H20O. The Morgan fingerprint density at radius 1 is 1.00 bits per heavy atom. The maximum Gasteiger partial charge on any atom is 0.0545 e. The summed E-state index contributed by atoms with van der Waals surface area (Å²) in [5, 5.41) is 9.68. The zero-order chi connectivity index (χ0) is 8.55. The summed E-state index contributed by atoms with van der Waals surface area (Å²) >= 11 is 0. The third-order valence-corrected chi connectivity index (χ3v) is 3.95. The number of aliphatic hydroxyl groups excluding tert-OH is 1. The van der Waals surface area contributed by atoms with Crippen LogP contribution in [0.2, 0.25) is 0 Å². The molecule has 2 aliphatic rings. The summed E-state index contributed by atoms with van der Waals surface area (Å²) in [5.74, 6) is 2.39. The third-order valence-electron chi connectivity index (χ3n) is 3.95. The smallest absolute Gasteiger partial charge is 0.0545 e. The maximum absolute atomic E-state index is 9.68. The predicted molar refractivity (Wildman–Crippen MR) is 49.9 cm³/mol. The second-order valence-corrected chi connectivity index (χ2v) is 4.70. The van der Waals surface area contributed by atoms with E-state index in [4.69, 9.17) is 0 Å². The molecule has 2 fully saturated rings. The highest BCUT2D eigenvalue weighted by Crippen LogP contribution is 2.45. The van der Waals surface area contributed by atoms with Crippen molar-refractivity contribution in [1.29, 1.82) is 0 Å². The molecule has 0 aliphatic heterocycles. The summed E-state index contributed by atoms with van der Waals surface area (Å²) in [4.78, 5) is 0. The van der Waals surface area contributed by atoms with Crippen LogP contribution in [-0.4, -0.2) is 11.2 Å². The lowest BCUT2D eigenvalue weighted by Crippen LogP contribution is -2.38. The summed E-state index contributed by atoms with van der Waals surface area (Å²) in [6, 6.07) is 0. The first-order valence-electron chi connectivity index (χ1n) is 5.47. The van der Waals surface area contributed by atoms with Gasteiger partial charge in [0.25, 0.3) is 0 Å².